The number of hydrogen-bond donors (Lipinski definition) is 1. The molecule has 0 amide bonds. The summed E-state index contributed by atoms with van der Waals surface area (Å²) in [5.74, 6) is 0. The fourth-order valence-electron chi connectivity index (χ4n) is 1.80. The minimum Gasteiger partial charge on any atom is -0.280 e. The third-order valence-electron chi connectivity index (χ3n) is 3.20. The highest BCUT2D eigenvalue weighted by Gasteiger charge is 2.15. The Kier molecular flexibility index (Phi) is 4.06. The first kappa shape index (κ1) is 14.9. The van der Waals surface area contributed by atoms with Crippen LogP contribution in [0.3, 0.4) is 0 Å². The second-order valence-corrected chi connectivity index (χ2v) is 6.91. The van der Waals surface area contributed by atoms with Gasteiger partial charge in [-0.3, -0.25) is 4.72 Å². The molecule has 0 bridgehead atoms. The molecule has 5 heteroatoms. The Morgan fingerprint density at radius 1 is 0.900 bits per heavy atom. The molecule has 2 aromatic carbocycles. The quantitative estimate of drug-likeness (QED) is 0.929. The van der Waals surface area contributed by atoms with Crippen LogP contribution in [0, 0.1) is 20.8 Å². The SMILES string of the molecule is Cc1ccc(NS(=O)(=O)c2ccc(Cl)c(C)c2)cc1C. The highest BCUT2D eigenvalue weighted by atomic mass is 35.5. The number of benzene rings is 2. The molecule has 0 unspecified atom stereocenters. The van der Waals surface area contributed by atoms with E-state index in [1.165, 1.54) is 6.07 Å². The van der Waals surface area contributed by atoms with Gasteiger partial charge in [-0.1, -0.05) is 17.7 Å². The zero-order valence-corrected chi connectivity index (χ0v) is 13.1. The van der Waals surface area contributed by atoms with Crippen molar-refractivity contribution in [1.29, 1.82) is 0 Å². The molecule has 0 aliphatic heterocycles. The molecule has 0 aliphatic carbocycles. The van der Waals surface area contributed by atoms with Crippen LogP contribution in [-0.4, -0.2) is 8.42 Å². The van der Waals surface area contributed by atoms with Gasteiger partial charge in [-0.05, 0) is 67.8 Å². The average molecular weight is 310 g/mol. The number of anilines is 1. The summed E-state index contributed by atoms with van der Waals surface area (Å²) in [6, 6.07) is 10.1. The van der Waals surface area contributed by atoms with Gasteiger partial charge >= 0.3 is 0 Å². The Morgan fingerprint density at radius 2 is 1.60 bits per heavy atom. The summed E-state index contributed by atoms with van der Waals surface area (Å²) in [7, 11) is -3.59. The van der Waals surface area contributed by atoms with E-state index in [4.69, 9.17) is 11.6 Å². The van der Waals surface area contributed by atoms with E-state index in [1.54, 1.807) is 25.1 Å². The Morgan fingerprint density at radius 3 is 2.20 bits per heavy atom. The molecule has 2 rings (SSSR count). The van der Waals surface area contributed by atoms with Gasteiger partial charge in [-0.2, -0.15) is 0 Å². The van der Waals surface area contributed by atoms with E-state index in [0.29, 0.717) is 10.7 Å². The van der Waals surface area contributed by atoms with Gasteiger partial charge in [0.15, 0.2) is 0 Å². The van der Waals surface area contributed by atoms with Crippen molar-refractivity contribution in [3.05, 3.63) is 58.1 Å². The number of aryl methyl sites for hydroxylation is 3. The molecule has 20 heavy (non-hydrogen) atoms. The summed E-state index contributed by atoms with van der Waals surface area (Å²) in [6.07, 6.45) is 0. The Labute approximate surface area is 124 Å². The average Bonchev–Trinajstić information content (AvgIpc) is 2.37. The van der Waals surface area contributed by atoms with Crippen LogP contribution in [0.5, 0.6) is 0 Å². The highest BCUT2D eigenvalue weighted by Crippen LogP contribution is 2.22. The standard InChI is InChI=1S/C15H16ClNO2S/c1-10-4-5-13(8-11(10)2)17-20(18,19)14-6-7-15(16)12(3)9-14/h4-9,17H,1-3H3. The predicted molar refractivity (Wildman–Crippen MR) is 82.9 cm³/mol. The fourth-order valence-corrected chi connectivity index (χ4v) is 3.06. The molecular formula is C15H16ClNO2S. The first-order valence-electron chi connectivity index (χ1n) is 6.16. The maximum absolute atomic E-state index is 12.3. The third kappa shape index (κ3) is 3.14. The summed E-state index contributed by atoms with van der Waals surface area (Å²) in [5.41, 5.74) is 3.45. The Bertz CT molecular complexity index is 754. The normalized spacial score (nSPS) is 11.4. The van der Waals surface area contributed by atoms with Crippen LogP contribution >= 0.6 is 11.6 Å². The minimum absolute atomic E-state index is 0.206. The molecule has 0 fully saturated rings. The lowest BCUT2D eigenvalue weighted by atomic mass is 10.1. The number of nitrogens with one attached hydrogen (secondary N) is 1. The predicted octanol–water partition coefficient (Wildman–Crippen LogP) is 4.07. The van der Waals surface area contributed by atoms with Crippen molar-refractivity contribution in [1.82, 2.24) is 0 Å². The van der Waals surface area contributed by atoms with Crippen molar-refractivity contribution in [3.63, 3.8) is 0 Å². The molecule has 0 aromatic heterocycles. The van der Waals surface area contributed by atoms with Crippen LogP contribution in [0.2, 0.25) is 5.02 Å². The lowest BCUT2D eigenvalue weighted by molar-refractivity contribution is 0.601. The zero-order valence-electron chi connectivity index (χ0n) is 11.6. The molecule has 0 saturated heterocycles. The lowest BCUT2D eigenvalue weighted by Crippen LogP contribution is -2.13. The zero-order chi connectivity index (χ0) is 14.9. The van der Waals surface area contributed by atoms with Crippen molar-refractivity contribution >= 4 is 27.3 Å². The highest BCUT2D eigenvalue weighted by molar-refractivity contribution is 7.92. The van der Waals surface area contributed by atoms with E-state index >= 15 is 0 Å². The maximum Gasteiger partial charge on any atom is 0.261 e. The molecule has 0 spiro atoms. The van der Waals surface area contributed by atoms with Crippen LogP contribution in [0.15, 0.2) is 41.3 Å². The van der Waals surface area contributed by atoms with Gasteiger partial charge in [0.2, 0.25) is 0 Å². The molecular weight excluding hydrogens is 294 g/mol. The first-order valence-corrected chi connectivity index (χ1v) is 8.02. The molecule has 0 radical (unpaired) electrons. The number of sulfonamides is 1. The third-order valence-corrected chi connectivity index (χ3v) is 5.00. The van der Waals surface area contributed by atoms with Crippen molar-refractivity contribution < 1.29 is 8.42 Å². The summed E-state index contributed by atoms with van der Waals surface area (Å²) < 4.78 is 27.2. The lowest BCUT2D eigenvalue weighted by Gasteiger charge is -2.10. The van der Waals surface area contributed by atoms with E-state index in [9.17, 15) is 8.42 Å². The van der Waals surface area contributed by atoms with E-state index in [0.717, 1.165) is 16.7 Å². The molecule has 0 saturated carbocycles. The van der Waals surface area contributed by atoms with Crippen LogP contribution in [0.25, 0.3) is 0 Å². The van der Waals surface area contributed by atoms with Gasteiger partial charge in [-0.15, -0.1) is 0 Å². The molecule has 2 aromatic rings. The van der Waals surface area contributed by atoms with Gasteiger partial charge < -0.3 is 0 Å². The van der Waals surface area contributed by atoms with Crippen molar-refractivity contribution in [2.24, 2.45) is 0 Å². The molecule has 106 valence electrons. The molecule has 0 aliphatic rings. The van der Waals surface area contributed by atoms with E-state index in [-0.39, 0.29) is 4.90 Å². The van der Waals surface area contributed by atoms with Crippen molar-refractivity contribution in [2.75, 3.05) is 4.72 Å². The fraction of sp³-hybridized carbons (Fsp3) is 0.200. The number of halogens is 1. The van der Waals surface area contributed by atoms with Crippen molar-refractivity contribution in [2.45, 2.75) is 25.7 Å². The van der Waals surface area contributed by atoms with Gasteiger partial charge in [0.05, 0.1) is 4.90 Å². The molecule has 0 heterocycles. The minimum atomic E-state index is -3.59. The largest absolute Gasteiger partial charge is 0.280 e. The van der Waals surface area contributed by atoms with E-state index < -0.39 is 10.0 Å². The second kappa shape index (κ2) is 5.46. The van der Waals surface area contributed by atoms with Gasteiger partial charge in [0.1, 0.15) is 0 Å². The van der Waals surface area contributed by atoms with Gasteiger partial charge in [-0.25, -0.2) is 8.42 Å². The van der Waals surface area contributed by atoms with Gasteiger partial charge in [0, 0.05) is 10.7 Å². The number of rotatable bonds is 3. The molecule has 0 atom stereocenters. The Hall–Kier alpha value is -1.52. The monoisotopic (exact) mass is 309 g/mol. The summed E-state index contributed by atoms with van der Waals surface area (Å²) >= 11 is 5.91. The maximum atomic E-state index is 12.3. The smallest absolute Gasteiger partial charge is 0.261 e. The summed E-state index contributed by atoms with van der Waals surface area (Å²) in [5, 5.41) is 0.551. The van der Waals surface area contributed by atoms with Crippen molar-refractivity contribution in [3.8, 4) is 0 Å². The van der Waals surface area contributed by atoms with Crippen LogP contribution in [0.4, 0.5) is 5.69 Å². The van der Waals surface area contributed by atoms with Crippen LogP contribution in [0.1, 0.15) is 16.7 Å². The summed E-state index contributed by atoms with van der Waals surface area (Å²) in [6.45, 7) is 5.70. The van der Waals surface area contributed by atoms with Gasteiger partial charge in [0.25, 0.3) is 10.0 Å². The first-order chi connectivity index (χ1) is 9.29. The molecule has 3 nitrogen and oxygen atoms in total. The topological polar surface area (TPSA) is 46.2 Å². The van der Waals surface area contributed by atoms with Crippen LogP contribution < -0.4 is 4.72 Å². The number of hydrogen-bond acceptors (Lipinski definition) is 2. The van der Waals surface area contributed by atoms with E-state index in [1.807, 2.05) is 26.0 Å². The Balaban J connectivity index is 2.35. The summed E-state index contributed by atoms with van der Waals surface area (Å²) in [4.78, 5) is 0.206. The second-order valence-electron chi connectivity index (χ2n) is 4.82. The van der Waals surface area contributed by atoms with Crippen LogP contribution in [-0.2, 0) is 10.0 Å². The molecule has 1 N–H and O–H groups in total. The van der Waals surface area contributed by atoms with E-state index in [2.05, 4.69) is 4.72 Å².